The standard InChI is InChI=1S/C14H19NO4/c1-3-18-14(17)11-6-8-12(9-7-11)19-10-4-5-13(16)15-2/h6-9H,3-5,10H2,1-2H3,(H,15,16). The Balaban J connectivity index is 2.36. The van der Waals surface area contributed by atoms with Crippen LogP contribution in [-0.2, 0) is 9.53 Å². The Hall–Kier alpha value is -2.04. The largest absolute Gasteiger partial charge is 0.494 e. The summed E-state index contributed by atoms with van der Waals surface area (Å²) in [7, 11) is 1.61. The maximum absolute atomic E-state index is 11.4. The number of rotatable bonds is 7. The van der Waals surface area contributed by atoms with Gasteiger partial charge in [-0.1, -0.05) is 0 Å². The lowest BCUT2D eigenvalue weighted by Gasteiger charge is -2.07. The number of carbonyl (C=O) groups is 2. The van der Waals surface area contributed by atoms with Crippen LogP contribution in [0.4, 0.5) is 0 Å². The van der Waals surface area contributed by atoms with E-state index in [0.717, 1.165) is 0 Å². The second-order valence-electron chi connectivity index (χ2n) is 3.87. The summed E-state index contributed by atoms with van der Waals surface area (Å²) in [5, 5.41) is 2.55. The Morgan fingerprint density at radius 1 is 1.21 bits per heavy atom. The summed E-state index contributed by atoms with van der Waals surface area (Å²) in [6.45, 7) is 2.59. The van der Waals surface area contributed by atoms with Crippen molar-refractivity contribution in [2.45, 2.75) is 19.8 Å². The third-order valence-corrected chi connectivity index (χ3v) is 2.46. The molecule has 0 aromatic heterocycles. The molecule has 0 bridgehead atoms. The van der Waals surface area contributed by atoms with Gasteiger partial charge in [0.25, 0.3) is 0 Å². The van der Waals surface area contributed by atoms with E-state index >= 15 is 0 Å². The zero-order valence-corrected chi connectivity index (χ0v) is 11.3. The van der Waals surface area contributed by atoms with Crippen LogP contribution in [0.2, 0.25) is 0 Å². The van der Waals surface area contributed by atoms with Gasteiger partial charge >= 0.3 is 5.97 Å². The highest BCUT2D eigenvalue weighted by Crippen LogP contribution is 2.13. The predicted octanol–water partition coefficient (Wildman–Crippen LogP) is 1.77. The molecule has 1 aromatic carbocycles. The van der Waals surface area contributed by atoms with Crippen molar-refractivity contribution in [2.75, 3.05) is 20.3 Å². The number of esters is 1. The minimum atomic E-state index is -0.339. The molecule has 19 heavy (non-hydrogen) atoms. The number of ether oxygens (including phenoxy) is 2. The Morgan fingerprint density at radius 3 is 2.47 bits per heavy atom. The molecule has 0 atom stereocenters. The topological polar surface area (TPSA) is 64.6 Å². The molecule has 1 rings (SSSR count). The van der Waals surface area contributed by atoms with Crippen LogP contribution in [0, 0.1) is 0 Å². The van der Waals surface area contributed by atoms with Crippen LogP contribution < -0.4 is 10.1 Å². The predicted molar refractivity (Wildman–Crippen MR) is 71.2 cm³/mol. The van der Waals surface area contributed by atoms with Gasteiger partial charge in [-0.15, -0.1) is 0 Å². The molecule has 5 nitrogen and oxygen atoms in total. The Bertz CT molecular complexity index is 414. The summed E-state index contributed by atoms with van der Waals surface area (Å²) in [4.78, 5) is 22.4. The van der Waals surface area contributed by atoms with Crippen molar-refractivity contribution in [3.8, 4) is 5.75 Å². The first-order valence-electron chi connectivity index (χ1n) is 6.28. The fraction of sp³-hybridized carbons (Fsp3) is 0.429. The van der Waals surface area contributed by atoms with Gasteiger partial charge in [-0.05, 0) is 37.6 Å². The Labute approximate surface area is 112 Å². The number of carbonyl (C=O) groups excluding carboxylic acids is 2. The van der Waals surface area contributed by atoms with Gasteiger partial charge in [-0.3, -0.25) is 4.79 Å². The summed E-state index contributed by atoms with van der Waals surface area (Å²) in [6, 6.07) is 6.75. The highest BCUT2D eigenvalue weighted by atomic mass is 16.5. The van der Waals surface area contributed by atoms with Gasteiger partial charge in [0.2, 0.25) is 5.91 Å². The van der Waals surface area contributed by atoms with E-state index in [1.54, 1.807) is 38.2 Å². The average Bonchev–Trinajstić information content (AvgIpc) is 2.44. The van der Waals surface area contributed by atoms with E-state index in [1.165, 1.54) is 0 Å². The van der Waals surface area contributed by atoms with E-state index in [4.69, 9.17) is 9.47 Å². The van der Waals surface area contributed by atoms with Gasteiger partial charge in [-0.2, -0.15) is 0 Å². The van der Waals surface area contributed by atoms with E-state index in [9.17, 15) is 9.59 Å². The molecule has 0 spiro atoms. The average molecular weight is 265 g/mol. The maximum Gasteiger partial charge on any atom is 0.338 e. The van der Waals surface area contributed by atoms with Crippen LogP contribution >= 0.6 is 0 Å². The smallest absolute Gasteiger partial charge is 0.338 e. The fourth-order valence-corrected chi connectivity index (χ4v) is 1.45. The first-order valence-corrected chi connectivity index (χ1v) is 6.28. The molecule has 0 fully saturated rings. The zero-order valence-electron chi connectivity index (χ0n) is 11.3. The van der Waals surface area contributed by atoms with Gasteiger partial charge in [0.15, 0.2) is 0 Å². The van der Waals surface area contributed by atoms with E-state index < -0.39 is 0 Å². The lowest BCUT2D eigenvalue weighted by molar-refractivity contribution is -0.120. The lowest BCUT2D eigenvalue weighted by atomic mass is 10.2. The van der Waals surface area contributed by atoms with Crippen LogP contribution in [0.25, 0.3) is 0 Å². The van der Waals surface area contributed by atoms with Crippen molar-refractivity contribution in [2.24, 2.45) is 0 Å². The quantitative estimate of drug-likeness (QED) is 0.603. The normalized spacial score (nSPS) is 9.79. The molecule has 1 N–H and O–H groups in total. The summed E-state index contributed by atoms with van der Waals surface area (Å²) < 4.78 is 10.3. The minimum Gasteiger partial charge on any atom is -0.494 e. The van der Waals surface area contributed by atoms with Crippen molar-refractivity contribution < 1.29 is 19.1 Å². The lowest BCUT2D eigenvalue weighted by Crippen LogP contribution is -2.18. The first kappa shape index (κ1) is 15.0. The molecule has 104 valence electrons. The zero-order chi connectivity index (χ0) is 14.1. The molecule has 0 saturated heterocycles. The van der Waals surface area contributed by atoms with Crippen molar-refractivity contribution in [1.29, 1.82) is 0 Å². The van der Waals surface area contributed by atoms with Crippen molar-refractivity contribution in [3.63, 3.8) is 0 Å². The molecular weight excluding hydrogens is 246 g/mol. The summed E-state index contributed by atoms with van der Waals surface area (Å²) in [5.41, 5.74) is 0.500. The van der Waals surface area contributed by atoms with Gasteiger partial charge in [0.05, 0.1) is 18.8 Å². The summed E-state index contributed by atoms with van der Waals surface area (Å²) >= 11 is 0. The van der Waals surface area contributed by atoms with E-state index in [2.05, 4.69) is 5.32 Å². The van der Waals surface area contributed by atoms with Gasteiger partial charge in [0.1, 0.15) is 5.75 Å². The number of hydrogen-bond acceptors (Lipinski definition) is 4. The molecule has 0 aliphatic rings. The number of amides is 1. The molecule has 0 unspecified atom stereocenters. The molecule has 0 aliphatic heterocycles. The summed E-state index contributed by atoms with van der Waals surface area (Å²) in [6.07, 6.45) is 1.09. The monoisotopic (exact) mass is 265 g/mol. The molecular formula is C14H19NO4. The molecule has 0 radical (unpaired) electrons. The van der Waals surface area contributed by atoms with Gasteiger partial charge < -0.3 is 14.8 Å². The molecule has 0 saturated carbocycles. The second-order valence-corrected chi connectivity index (χ2v) is 3.87. The minimum absolute atomic E-state index is 0.00117. The van der Waals surface area contributed by atoms with Crippen molar-refractivity contribution in [3.05, 3.63) is 29.8 Å². The van der Waals surface area contributed by atoms with E-state index in [1.807, 2.05) is 0 Å². The third kappa shape index (κ3) is 5.42. The number of nitrogens with one attached hydrogen (secondary N) is 1. The Morgan fingerprint density at radius 2 is 1.89 bits per heavy atom. The second kappa shape index (κ2) is 8.13. The van der Waals surface area contributed by atoms with Crippen LogP contribution in [-0.4, -0.2) is 32.1 Å². The highest BCUT2D eigenvalue weighted by molar-refractivity contribution is 5.89. The SMILES string of the molecule is CCOC(=O)c1ccc(OCCCC(=O)NC)cc1. The van der Waals surface area contributed by atoms with Gasteiger partial charge in [-0.25, -0.2) is 4.79 Å². The molecule has 0 heterocycles. The molecule has 0 aliphatic carbocycles. The van der Waals surface area contributed by atoms with Crippen molar-refractivity contribution >= 4 is 11.9 Å². The van der Waals surface area contributed by atoms with E-state index in [-0.39, 0.29) is 11.9 Å². The number of hydrogen-bond donors (Lipinski definition) is 1. The molecule has 1 aromatic rings. The van der Waals surface area contributed by atoms with Crippen LogP contribution in [0.5, 0.6) is 5.75 Å². The third-order valence-electron chi connectivity index (χ3n) is 2.46. The van der Waals surface area contributed by atoms with E-state index in [0.29, 0.717) is 37.4 Å². The number of benzene rings is 1. The maximum atomic E-state index is 11.4. The van der Waals surface area contributed by atoms with Crippen LogP contribution in [0.1, 0.15) is 30.1 Å². The highest BCUT2D eigenvalue weighted by Gasteiger charge is 2.05. The first-order chi connectivity index (χ1) is 9.17. The van der Waals surface area contributed by atoms with Crippen LogP contribution in [0.15, 0.2) is 24.3 Å². The molecule has 1 amide bonds. The van der Waals surface area contributed by atoms with Crippen LogP contribution in [0.3, 0.4) is 0 Å². The molecule has 5 heteroatoms. The van der Waals surface area contributed by atoms with Gasteiger partial charge in [0, 0.05) is 13.5 Å². The summed E-state index contributed by atoms with van der Waals surface area (Å²) in [5.74, 6) is 0.333. The fourth-order valence-electron chi connectivity index (χ4n) is 1.45. The van der Waals surface area contributed by atoms with Crippen molar-refractivity contribution in [1.82, 2.24) is 5.32 Å². The Kier molecular flexibility index (Phi) is 6.43.